The molecule has 0 saturated heterocycles. The minimum absolute atomic E-state index is 0.669. The number of nitrogens with two attached hydrogens (primary N) is 1. The third-order valence-corrected chi connectivity index (χ3v) is 3.74. The Balaban J connectivity index is 2.06. The molecule has 20 heavy (non-hydrogen) atoms. The lowest BCUT2D eigenvalue weighted by Gasteiger charge is -2.10. The van der Waals surface area contributed by atoms with E-state index in [1.165, 1.54) is 6.33 Å². The molecule has 1 heterocycles. The predicted molar refractivity (Wildman–Crippen MR) is 86.4 cm³/mol. The van der Waals surface area contributed by atoms with E-state index in [0.717, 1.165) is 26.9 Å². The molecule has 0 atom stereocenters. The van der Waals surface area contributed by atoms with Gasteiger partial charge in [-0.3, -0.25) is 0 Å². The zero-order chi connectivity index (χ0) is 14.1. The van der Waals surface area contributed by atoms with Gasteiger partial charge in [-0.2, -0.15) is 0 Å². The molecule has 1 aromatic heterocycles. The number of nitrogens with one attached hydrogen (secondary N) is 1. The summed E-state index contributed by atoms with van der Waals surface area (Å²) in [6.07, 6.45) is 1.51. The van der Waals surface area contributed by atoms with Crippen molar-refractivity contribution < 1.29 is 0 Å². The van der Waals surface area contributed by atoms with Crippen LogP contribution in [0, 0.1) is 0 Å². The van der Waals surface area contributed by atoms with E-state index in [-0.39, 0.29) is 0 Å². The Bertz CT molecular complexity index is 791. The fraction of sp³-hybridized carbons (Fsp3) is 0. The highest BCUT2D eigenvalue weighted by molar-refractivity contribution is 9.10. The van der Waals surface area contributed by atoms with Crippen molar-refractivity contribution in [1.29, 1.82) is 0 Å². The number of nitrogens with zero attached hydrogens (tertiary/aromatic N) is 2. The average molecular weight is 350 g/mol. The molecule has 100 valence electrons. The second-order valence-corrected chi connectivity index (χ2v) is 5.54. The number of hydrogen-bond acceptors (Lipinski definition) is 4. The summed E-state index contributed by atoms with van der Waals surface area (Å²) in [6.45, 7) is 0. The zero-order valence-electron chi connectivity index (χ0n) is 10.3. The maximum atomic E-state index is 5.94. The van der Waals surface area contributed by atoms with Gasteiger partial charge < -0.3 is 11.1 Å². The van der Waals surface area contributed by atoms with Gasteiger partial charge in [-0.1, -0.05) is 11.6 Å². The summed E-state index contributed by atoms with van der Waals surface area (Å²) in [7, 11) is 0. The van der Waals surface area contributed by atoms with E-state index in [1.54, 1.807) is 0 Å². The molecule has 0 saturated carbocycles. The molecule has 0 bridgehead atoms. The van der Waals surface area contributed by atoms with Gasteiger partial charge in [-0.15, -0.1) is 0 Å². The molecule has 2 aromatic carbocycles. The lowest BCUT2D eigenvalue weighted by molar-refractivity contribution is 1.22. The van der Waals surface area contributed by atoms with Crippen LogP contribution in [0.4, 0.5) is 17.2 Å². The van der Waals surface area contributed by atoms with Crippen LogP contribution in [-0.4, -0.2) is 9.97 Å². The minimum Gasteiger partial charge on any atom is -0.399 e. The molecular weight excluding hydrogens is 340 g/mol. The number of halogens is 2. The van der Waals surface area contributed by atoms with Gasteiger partial charge in [0.2, 0.25) is 0 Å². The summed E-state index contributed by atoms with van der Waals surface area (Å²) in [6, 6.07) is 11.1. The lowest BCUT2D eigenvalue weighted by Crippen LogP contribution is -1.97. The molecule has 0 aliphatic carbocycles. The smallest absolute Gasteiger partial charge is 0.141 e. The Labute approximate surface area is 129 Å². The molecule has 0 aliphatic heterocycles. The number of anilines is 3. The van der Waals surface area contributed by atoms with Crippen molar-refractivity contribution in [2.24, 2.45) is 0 Å². The van der Waals surface area contributed by atoms with Crippen LogP contribution < -0.4 is 11.1 Å². The Morgan fingerprint density at radius 1 is 1.10 bits per heavy atom. The highest BCUT2D eigenvalue weighted by atomic mass is 79.9. The first-order chi connectivity index (χ1) is 9.63. The highest BCUT2D eigenvalue weighted by Gasteiger charge is 2.07. The van der Waals surface area contributed by atoms with Crippen molar-refractivity contribution in [3.8, 4) is 0 Å². The SMILES string of the molecule is Nc1ccc2c(Nc3ccc(Cl)cc3Br)ncnc2c1. The van der Waals surface area contributed by atoms with E-state index in [9.17, 15) is 0 Å². The van der Waals surface area contributed by atoms with Crippen LogP contribution in [0.1, 0.15) is 0 Å². The fourth-order valence-corrected chi connectivity index (χ4v) is 2.67. The number of nitrogen functional groups attached to an aromatic ring is 1. The normalized spacial score (nSPS) is 10.7. The number of aromatic nitrogens is 2. The summed E-state index contributed by atoms with van der Waals surface area (Å²) < 4.78 is 0.868. The lowest BCUT2D eigenvalue weighted by atomic mass is 10.2. The standard InChI is InChI=1S/C14H10BrClN4/c15-11-5-8(16)1-4-12(11)20-14-10-3-2-9(17)6-13(10)18-7-19-14/h1-7H,17H2,(H,18,19,20). The van der Waals surface area contributed by atoms with E-state index in [4.69, 9.17) is 17.3 Å². The van der Waals surface area contributed by atoms with Gasteiger partial charge in [-0.05, 0) is 52.3 Å². The van der Waals surface area contributed by atoms with Gasteiger partial charge in [0.1, 0.15) is 12.1 Å². The second-order valence-electron chi connectivity index (χ2n) is 4.25. The molecule has 0 aliphatic rings. The highest BCUT2D eigenvalue weighted by Crippen LogP contribution is 2.30. The van der Waals surface area contributed by atoms with Gasteiger partial charge in [0, 0.05) is 20.6 Å². The number of hydrogen-bond donors (Lipinski definition) is 2. The van der Waals surface area contributed by atoms with Gasteiger partial charge in [0.25, 0.3) is 0 Å². The summed E-state index contributed by atoms with van der Waals surface area (Å²) in [4.78, 5) is 8.50. The molecule has 0 spiro atoms. The van der Waals surface area contributed by atoms with Gasteiger partial charge in [-0.25, -0.2) is 9.97 Å². The van der Waals surface area contributed by atoms with Gasteiger partial charge in [0.05, 0.1) is 11.2 Å². The fourth-order valence-electron chi connectivity index (χ4n) is 1.89. The van der Waals surface area contributed by atoms with Crippen molar-refractivity contribution in [2.75, 3.05) is 11.1 Å². The van der Waals surface area contributed by atoms with E-state index in [0.29, 0.717) is 10.7 Å². The molecule has 0 radical (unpaired) electrons. The van der Waals surface area contributed by atoms with Crippen LogP contribution in [-0.2, 0) is 0 Å². The first-order valence-corrected chi connectivity index (χ1v) is 7.03. The summed E-state index contributed by atoms with van der Waals surface area (Å²) >= 11 is 9.41. The maximum absolute atomic E-state index is 5.94. The van der Waals surface area contributed by atoms with E-state index < -0.39 is 0 Å². The number of rotatable bonds is 2. The van der Waals surface area contributed by atoms with Crippen molar-refractivity contribution in [2.45, 2.75) is 0 Å². The van der Waals surface area contributed by atoms with Crippen LogP contribution in [0.5, 0.6) is 0 Å². The Kier molecular flexibility index (Phi) is 3.46. The minimum atomic E-state index is 0.669. The molecule has 0 amide bonds. The van der Waals surface area contributed by atoms with Crippen LogP contribution in [0.2, 0.25) is 5.02 Å². The van der Waals surface area contributed by atoms with E-state index in [1.807, 2.05) is 36.4 Å². The van der Waals surface area contributed by atoms with Gasteiger partial charge >= 0.3 is 0 Å². The third-order valence-electron chi connectivity index (χ3n) is 2.84. The predicted octanol–water partition coefficient (Wildman–Crippen LogP) is 4.37. The quantitative estimate of drug-likeness (QED) is 0.674. The molecule has 3 rings (SSSR count). The molecule has 4 nitrogen and oxygen atoms in total. The molecule has 3 N–H and O–H groups in total. The number of benzene rings is 2. The molecular formula is C14H10BrClN4. The maximum Gasteiger partial charge on any atom is 0.141 e. The molecule has 3 aromatic rings. The summed E-state index contributed by atoms with van der Waals surface area (Å²) in [5, 5.41) is 4.84. The van der Waals surface area contributed by atoms with Gasteiger partial charge in [0.15, 0.2) is 0 Å². The van der Waals surface area contributed by atoms with Crippen LogP contribution in [0.3, 0.4) is 0 Å². The van der Waals surface area contributed by atoms with Crippen molar-refractivity contribution in [3.63, 3.8) is 0 Å². The van der Waals surface area contributed by atoms with E-state index >= 15 is 0 Å². The summed E-state index contributed by atoms with van der Waals surface area (Å²) in [5.41, 5.74) is 8.12. The Morgan fingerprint density at radius 2 is 1.95 bits per heavy atom. The first-order valence-electron chi connectivity index (χ1n) is 5.86. The molecule has 0 fully saturated rings. The van der Waals surface area contributed by atoms with E-state index in [2.05, 4.69) is 31.2 Å². The first kappa shape index (κ1) is 13.1. The Morgan fingerprint density at radius 3 is 2.75 bits per heavy atom. The summed E-state index contributed by atoms with van der Waals surface area (Å²) in [5.74, 6) is 0.720. The van der Waals surface area contributed by atoms with Crippen LogP contribution >= 0.6 is 27.5 Å². The topological polar surface area (TPSA) is 63.8 Å². The number of fused-ring (bicyclic) bond motifs is 1. The van der Waals surface area contributed by atoms with Crippen LogP contribution in [0.15, 0.2) is 47.2 Å². The van der Waals surface area contributed by atoms with Crippen LogP contribution in [0.25, 0.3) is 10.9 Å². The monoisotopic (exact) mass is 348 g/mol. The van der Waals surface area contributed by atoms with Crippen molar-refractivity contribution in [1.82, 2.24) is 9.97 Å². The Hall–Kier alpha value is -1.85. The largest absolute Gasteiger partial charge is 0.399 e. The molecule has 6 heteroatoms. The van der Waals surface area contributed by atoms with Crippen molar-refractivity contribution in [3.05, 3.63) is 52.2 Å². The average Bonchev–Trinajstić information content (AvgIpc) is 2.41. The molecule has 0 unspecified atom stereocenters. The zero-order valence-corrected chi connectivity index (χ0v) is 12.6. The van der Waals surface area contributed by atoms with Crippen molar-refractivity contribution >= 4 is 55.6 Å². The second kappa shape index (κ2) is 5.26. The third kappa shape index (κ3) is 2.55.